The Morgan fingerprint density at radius 3 is 0.732 bits per heavy atom. The number of ether oxygens (including phenoxy) is 11. The summed E-state index contributed by atoms with van der Waals surface area (Å²) in [6, 6.07) is 58.6. The Bertz CT molecular complexity index is 3100. The first-order chi connectivity index (χ1) is 35.2. The average molecular weight is 955 g/mol. The molecule has 0 aliphatic rings. The van der Waals surface area contributed by atoms with Crippen molar-refractivity contribution in [2.45, 2.75) is 6.61 Å². The van der Waals surface area contributed by atoms with E-state index < -0.39 is 0 Å². The monoisotopic (exact) mass is 954 g/mol. The van der Waals surface area contributed by atoms with Crippen LogP contribution in [0.1, 0.15) is 5.56 Å². The highest BCUT2D eigenvalue weighted by molar-refractivity contribution is 5.88. The Morgan fingerprint density at radius 1 is 0.239 bits per heavy atom. The van der Waals surface area contributed by atoms with Gasteiger partial charge in [0.2, 0.25) is 0 Å². The van der Waals surface area contributed by atoms with Crippen LogP contribution >= 0.6 is 0 Å². The van der Waals surface area contributed by atoms with Crippen molar-refractivity contribution >= 4 is 43.1 Å². The second-order valence-electron chi connectivity index (χ2n) is 16.5. The molecule has 0 N–H and O–H groups in total. The Balaban J connectivity index is 0.697. The summed E-state index contributed by atoms with van der Waals surface area (Å²) in [5, 5.41) is 8.53. The SMILES string of the molecule is COc1cc2ccccc2cc1OCCOCCOc1cc2ccccc2cc1OCCOCCOc1cc2ccccc2cc1OCCOCCOc1cc2ccccc2cc1OCc1ccccc1. The van der Waals surface area contributed by atoms with Crippen molar-refractivity contribution < 1.29 is 52.1 Å². The lowest BCUT2D eigenvalue weighted by Gasteiger charge is -2.16. The van der Waals surface area contributed by atoms with Crippen LogP contribution in [0.5, 0.6) is 46.0 Å². The van der Waals surface area contributed by atoms with Gasteiger partial charge in [-0.05, 0) is 97.2 Å². The van der Waals surface area contributed by atoms with Gasteiger partial charge in [0.25, 0.3) is 0 Å². The van der Waals surface area contributed by atoms with E-state index in [4.69, 9.17) is 52.1 Å². The van der Waals surface area contributed by atoms with Crippen LogP contribution in [-0.4, -0.2) is 86.4 Å². The fourth-order valence-corrected chi connectivity index (χ4v) is 8.05. The summed E-state index contributed by atoms with van der Waals surface area (Å²) >= 11 is 0. The van der Waals surface area contributed by atoms with Crippen molar-refractivity contribution in [1.29, 1.82) is 0 Å². The van der Waals surface area contributed by atoms with Crippen LogP contribution in [0.3, 0.4) is 0 Å². The lowest BCUT2D eigenvalue weighted by atomic mass is 10.1. The quantitative estimate of drug-likeness (QED) is 0.0439. The average Bonchev–Trinajstić information content (AvgIpc) is 3.41. The second kappa shape index (κ2) is 25.2. The number of rotatable bonds is 28. The molecule has 0 aliphatic heterocycles. The Kier molecular flexibility index (Phi) is 17.2. The van der Waals surface area contributed by atoms with Crippen molar-refractivity contribution in [2.75, 3.05) is 86.4 Å². The van der Waals surface area contributed by atoms with E-state index in [1.165, 1.54) is 0 Å². The normalized spacial score (nSPS) is 11.2. The fraction of sp³-hybridized carbons (Fsp3) is 0.233. The van der Waals surface area contributed by atoms with E-state index >= 15 is 0 Å². The maximum absolute atomic E-state index is 6.23. The molecule has 0 amide bonds. The lowest BCUT2D eigenvalue weighted by Crippen LogP contribution is -2.14. The first-order valence-corrected chi connectivity index (χ1v) is 24.0. The highest BCUT2D eigenvalue weighted by atomic mass is 16.6. The molecule has 0 saturated carbocycles. The van der Waals surface area contributed by atoms with Gasteiger partial charge in [-0.15, -0.1) is 0 Å². The molecule has 0 fully saturated rings. The standard InChI is InChI=1S/C60H58O11/c1-61-53-35-45-15-5-6-16-46(45)36-54(53)65-29-23-62-24-30-66-55-37-47-17-7-8-18-48(47)38-56(55)67-31-25-63-26-32-68-57-39-49-19-9-10-20-50(49)40-58(57)69-33-27-64-28-34-70-59-41-51-21-11-12-22-52(51)42-60(59)71-43-44-13-3-2-4-14-44/h2-22,35-42H,23-34,43H2,1H3. The largest absolute Gasteiger partial charge is 0.493 e. The molecular weight excluding hydrogens is 897 g/mol. The van der Waals surface area contributed by atoms with Gasteiger partial charge in [-0.2, -0.15) is 0 Å². The summed E-state index contributed by atoms with van der Waals surface area (Å²) < 4.78 is 66.6. The number of fused-ring (bicyclic) bond motifs is 4. The van der Waals surface area contributed by atoms with Gasteiger partial charge in [-0.25, -0.2) is 0 Å². The van der Waals surface area contributed by atoms with E-state index in [-0.39, 0.29) is 0 Å². The minimum atomic E-state index is 0.319. The minimum absolute atomic E-state index is 0.319. The van der Waals surface area contributed by atoms with Crippen molar-refractivity contribution in [2.24, 2.45) is 0 Å². The first-order valence-electron chi connectivity index (χ1n) is 24.0. The maximum Gasteiger partial charge on any atom is 0.162 e. The van der Waals surface area contributed by atoms with E-state index in [9.17, 15) is 0 Å². The van der Waals surface area contributed by atoms with Crippen LogP contribution in [0.25, 0.3) is 43.1 Å². The summed E-state index contributed by atoms with van der Waals surface area (Å²) in [5.41, 5.74) is 1.08. The summed E-state index contributed by atoms with van der Waals surface area (Å²) in [4.78, 5) is 0. The Labute approximate surface area is 414 Å². The maximum atomic E-state index is 6.23. The molecule has 0 heterocycles. The molecule has 9 rings (SSSR count). The van der Waals surface area contributed by atoms with E-state index in [0.29, 0.717) is 132 Å². The van der Waals surface area contributed by atoms with Crippen LogP contribution in [-0.2, 0) is 20.8 Å². The van der Waals surface area contributed by atoms with Gasteiger partial charge >= 0.3 is 0 Å². The van der Waals surface area contributed by atoms with E-state index in [1.54, 1.807) is 7.11 Å². The van der Waals surface area contributed by atoms with E-state index in [0.717, 1.165) is 48.7 Å². The number of hydrogen-bond acceptors (Lipinski definition) is 11. The molecule has 0 spiro atoms. The molecule has 0 unspecified atom stereocenters. The first kappa shape index (κ1) is 48.3. The van der Waals surface area contributed by atoms with Gasteiger partial charge in [0.05, 0.1) is 46.8 Å². The number of benzene rings is 9. The van der Waals surface area contributed by atoms with Gasteiger partial charge < -0.3 is 52.1 Å². The Morgan fingerprint density at radius 2 is 0.465 bits per heavy atom. The predicted octanol–water partition coefficient (Wildman–Crippen LogP) is 12.3. The highest BCUT2D eigenvalue weighted by Gasteiger charge is 2.13. The second-order valence-corrected chi connectivity index (χ2v) is 16.5. The molecule has 0 aliphatic carbocycles. The van der Waals surface area contributed by atoms with E-state index in [2.05, 4.69) is 24.3 Å². The minimum Gasteiger partial charge on any atom is -0.493 e. The zero-order valence-corrected chi connectivity index (χ0v) is 39.9. The van der Waals surface area contributed by atoms with Gasteiger partial charge in [-0.3, -0.25) is 0 Å². The molecule has 0 bridgehead atoms. The third kappa shape index (κ3) is 13.5. The molecule has 11 nitrogen and oxygen atoms in total. The molecule has 0 saturated heterocycles. The molecule has 9 aromatic rings. The zero-order chi connectivity index (χ0) is 48.3. The van der Waals surface area contributed by atoms with Crippen molar-refractivity contribution in [3.05, 3.63) is 181 Å². The molecule has 71 heavy (non-hydrogen) atoms. The summed E-state index contributed by atoms with van der Waals surface area (Å²) in [5.74, 6) is 5.26. The zero-order valence-electron chi connectivity index (χ0n) is 39.9. The van der Waals surface area contributed by atoms with Crippen molar-refractivity contribution in [3.8, 4) is 46.0 Å². The Hall–Kier alpha value is -7.70. The molecule has 11 heteroatoms. The predicted molar refractivity (Wildman–Crippen MR) is 279 cm³/mol. The molecule has 0 atom stereocenters. The third-order valence-electron chi connectivity index (χ3n) is 11.6. The number of methoxy groups -OCH3 is 1. The van der Waals surface area contributed by atoms with Gasteiger partial charge in [0.15, 0.2) is 46.0 Å². The van der Waals surface area contributed by atoms with Crippen LogP contribution in [0.15, 0.2) is 176 Å². The van der Waals surface area contributed by atoms with Gasteiger partial charge in [-0.1, -0.05) is 127 Å². The van der Waals surface area contributed by atoms with Crippen LogP contribution < -0.4 is 37.9 Å². The highest BCUT2D eigenvalue weighted by Crippen LogP contribution is 2.36. The summed E-state index contributed by atoms with van der Waals surface area (Å²) in [6.45, 7) is 4.69. The van der Waals surface area contributed by atoms with Gasteiger partial charge in [0.1, 0.15) is 46.2 Å². The van der Waals surface area contributed by atoms with Gasteiger partial charge in [0, 0.05) is 0 Å². The summed E-state index contributed by atoms with van der Waals surface area (Å²) in [7, 11) is 1.64. The van der Waals surface area contributed by atoms with Crippen molar-refractivity contribution in [3.63, 3.8) is 0 Å². The molecule has 0 aromatic heterocycles. The van der Waals surface area contributed by atoms with E-state index in [1.807, 2.05) is 152 Å². The molecule has 0 radical (unpaired) electrons. The smallest absolute Gasteiger partial charge is 0.162 e. The van der Waals surface area contributed by atoms with Crippen LogP contribution in [0, 0.1) is 0 Å². The van der Waals surface area contributed by atoms with Crippen LogP contribution in [0.2, 0.25) is 0 Å². The molecule has 9 aromatic carbocycles. The van der Waals surface area contributed by atoms with Crippen molar-refractivity contribution in [1.82, 2.24) is 0 Å². The number of hydrogen-bond donors (Lipinski definition) is 0. The third-order valence-corrected chi connectivity index (χ3v) is 11.6. The van der Waals surface area contributed by atoms with Crippen LogP contribution in [0.4, 0.5) is 0 Å². The topological polar surface area (TPSA) is 102 Å². The fourth-order valence-electron chi connectivity index (χ4n) is 8.05. The molecular formula is C60H58O11. The molecule has 364 valence electrons. The summed E-state index contributed by atoms with van der Waals surface area (Å²) in [6.07, 6.45) is 0. The lowest BCUT2D eigenvalue weighted by molar-refractivity contribution is 0.0671.